The molecule has 0 fully saturated rings. The van der Waals surface area contributed by atoms with E-state index in [9.17, 15) is 0 Å². The minimum absolute atomic E-state index is 0.281. The summed E-state index contributed by atoms with van der Waals surface area (Å²) in [5.41, 5.74) is 5.69. The van der Waals surface area contributed by atoms with E-state index in [4.69, 9.17) is 0 Å². The summed E-state index contributed by atoms with van der Waals surface area (Å²) in [6.07, 6.45) is 7.54. The molecule has 0 aliphatic rings. The third-order valence-corrected chi connectivity index (χ3v) is 6.22. The number of hydrogen-bond acceptors (Lipinski definition) is 0. The van der Waals surface area contributed by atoms with Gasteiger partial charge in [-0.2, -0.15) is 0 Å². The van der Waals surface area contributed by atoms with Gasteiger partial charge in [-0.05, 0) is 73.2 Å². The summed E-state index contributed by atoms with van der Waals surface area (Å²) in [6.45, 7) is 4.30. The Morgan fingerprint density at radius 2 is 1.26 bits per heavy atom. The lowest BCUT2D eigenvalue weighted by Gasteiger charge is -2.03. The molecule has 0 saturated carbocycles. The predicted molar refractivity (Wildman–Crippen MR) is 146 cm³/mol. The van der Waals surface area contributed by atoms with Crippen molar-refractivity contribution < 1.29 is 4.39 Å². The van der Waals surface area contributed by atoms with Crippen LogP contribution in [0.2, 0.25) is 0 Å². The maximum atomic E-state index is 15.1. The second-order valence-corrected chi connectivity index (χ2v) is 9.09. The zero-order valence-corrected chi connectivity index (χ0v) is 20.6. The average Bonchev–Trinajstić information content (AvgIpc) is 2.88. The van der Waals surface area contributed by atoms with Crippen molar-refractivity contribution in [3.05, 3.63) is 118 Å². The summed E-state index contributed by atoms with van der Waals surface area (Å²) in [5, 5.41) is 1.39. The van der Waals surface area contributed by atoms with Crippen LogP contribution in [0.4, 0.5) is 4.39 Å². The molecule has 0 bridgehead atoms. The summed E-state index contributed by atoms with van der Waals surface area (Å²) in [7, 11) is 0. The molecule has 0 radical (unpaired) electrons. The lowest BCUT2D eigenvalue weighted by molar-refractivity contribution is 0.632. The van der Waals surface area contributed by atoms with Crippen molar-refractivity contribution in [1.29, 1.82) is 0 Å². The van der Waals surface area contributed by atoms with Gasteiger partial charge in [0.15, 0.2) is 0 Å². The summed E-state index contributed by atoms with van der Waals surface area (Å²) in [4.78, 5) is 0. The van der Waals surface area contributed by atoms with Crippen LogP contribution in [0.3, 0.4) is 0 Å². The highest BCUT2D eigenvalue weighted by atomic mass is 19.1. The van der Waals surface area contributed by atoms with Gasteiger partial charge in [-0.3, -0.25) is 0 Å². The van der Waals surface area contributed by atoms with Gasteiger partial charge in [0.05, 0.1) is 5.56 Å². The Hall–Kier alpha value is -3.81. The Labute approximate surface area is 209 Å². The largest absolute Gasteiger partial charge is 0.205 e. The van der Waals surface area contributed by atoms with Gasteiger partial charge in [0.2, 0.25) is 0 Å². The van der Waals surface area contributed by atoms with Crippen molar-refractivity contribution in [3.63, 3.8) is 0 Å². The molecule has 0 unspecified atom stereocenters. The molecule has 0 aromatic heterocycles. The molecular formula is C34H31F. The molecule has 0 atom stereocenters. The molecule has 0 spiro atoms. The average molecular weight is 459 g/mol. The smallest absolute Gasteiger partial charge is 0.146 e. The number of aryl methyl sites for hydroxylation is 2. The molecule has 0 amide bonds. The van der Waals surface area contributed by atoms with Crippen LogP contribution in [0.25, 0.3) is 10.8 Å². The molecule has 4 aromatic carbocycles. The zero-order chi connectivity index (χ0) is 24.5. The first-order valence-corrected chi connectivity index (χ1v) is 12.5. The summed E-state index contributed by atoms with van der Waals surface area (Å²) >= 11 is 0. The quantitative estimate of drug-likeness (QED) is 0.200. The van der Waals surface area contributed by atoms with Gasteiger partial charge < -0.3 is 0 Å². The van der Waals surface area contributed by atoms with E-state index in [1.165, 1.54) is 43.2 Å². The topological polar surface area (TPSA) is 0 Å². The van der Waals surface area contributed by atoms with Gasteiger partial charge in [-0.15, -0.1) is 0 Å². The molecule has 0 saturated heterocycles. The Morgan fingerprint density at radius 1 is 0.629 bits per heavy atom. The Bertz CT molecular complexity index is 1400. The van der Waals surface area contributed by atoms with Gasteiger partial charge in [0, 0.05) is 22.1 Å². The number of benzene rings is 4. The van der Waals surface area contributed by atoms with E-state index in [-0.39, 0.29) is 5.82 Å². The number of hydrogen-bond donors (Lipinski definition) is 0. The molecule has 0 aliphatic carbocycles. The molecule has 0 aliphatic heterocycles. The fraction of sp³-hybridized carbons (Fsp3) is 0.235. The molecule has 35 heavy (non-hydrogen) atoms. The van der Waals surface area contributed by atoms with Crippen molar-refractivity contribution in [2.75, 3.05) is 0 Å². The molecular weight excluding hydrogens is 427 g/mol. The van der Waals surface area contributed by atoms with Gasteiger partial charge in [0.25, 0.3) is 0 Å². The van der Waals surface area contributed by atoms with Gasteiger partial charge >= 0.3 is 0 Å². The van der Waals surface area contributed by atoms with Crippen molar-refractivity contribution in [2.45, 2.75) is 52.4 Å². The molecule has 4 rings (SSSR count). The van der Waals surface area contributed by atoms with E-state index in [1.807, 2.05) is 54.6 Å². The van der Waals surface area contributed by atoms with Crippen LogP contribution in [0.15, 0.2) is 78.9 Å². The van der Waals surface area contributed by atoms with Gasteiger partial charge in [0.1, 0.15) is 5.82 Å². The minimum atomic E-state index is -0.281. The molecule has 0 N–H and O–H groups in total. The predicted octanol–water partition coefficient (Wildman–Crippen LogP) is 8.60. The molecule has 174 valence electrons. The van der Waals surface area contributed by atoms with Crippen LogP contribution in [0.1, 0.15) is 72.4 Å². The number of unbranched alkanes of at least 4 members (excludes halogenated alkanes) is 4. The van der Waals surface area contributed by atoms with Gasteiger partial charge in [-0.25, -0.2) is 4.39 Å². The lowest BCUT2D eigenvalue weighted by atomic mass is 10.0. The SMILES string of the molecule is CCCCCCCc1ccc(C#Cc2ccc3cc(C#Cc4ccc(C)cc4)ccc3c2F)cc1. The number of fused-ring (bicyclic) bond motifs is 1. The molecule has 4 aromatic rings. The maximum absolute atomic E-state index is 15.1. The summed E-state index contributed by atoms with van der Waals surface area (Å²) in [6, 6.07) is 25.7. The van der Waals surface area contributed by atoms with Crippen LogP contribution in [-0.4, -0.2) is 0 Å². The lowest BCUT2D eigenvalue weighted by Crippen LogP contribution is -1.88. The third kappa shape index (κ3) is 6.85. The molecule has 0 nitrogen and oxygen atoms in total. The third-order valence-electron chi connectivity index (χ3n) is 6.22. The van der Waals surface area contributed by atoms with Crippen LogP contribution in [0, 0.1) is 36.4 Å². The molecule has 0 heterocycles. The maximum Gasteiger partial charge on any atom is 0.146 e. The van der Waals surface area contributed by atoms with E-state index in [0.717, 1.165) is 28.5 Å². The van der Waals surface area contributed by atoms with Crippen molar-refractivity contribution in [2.24, 2.45) is 0 Å². The second-order valence-electron chi connectivity index (χ2n) is 9.09. The standard InChI is InChI=1S/C34H31F/c1-3-4-5-6-7-8-27-13-15-29(16-14-27)19-21-31-22-23-32-25-30(20-24-33(32)34(31)35)18-17-28-11-9-26(2)10-12-28/h9-16,20,22-25H,3-8H2,1-2H3. The van der Waals surface area contributed by atoms with E-state index >= 15 is 4.39 Å². The second kappa shape index (κ2) is 12.1. The van der Waals surface area contributed by atoms with Crippen molar-refractivity contribution >= 4 is 10.8 Å². The highest BCUT2D eigenvalue weighted by Gasteiger charge is 2.06. The fourth-order valence-corrected chi connectivity index (χ4v) is 4.07. The normalized spacial score (nSPS) is 10.4. The number of halogens is 1. The Kier molecular flexibility index (Phi) is 8.38. The summed E-state index contributed by atoms with van der Waals surface area (Å²) in [5.74, 6) is 12.2. The Balaban J connectivity index is 1.45. The van der Waals surface area contributed by atoms with Gasteiger partial charge in [-0.1, -0.05) is 98.3 Å². The first-order chi connectivity index (χ1) is 17.1. The van der Waals surface area contributed by atoms with Crippen LogP contribution >= 0.6 is 0 Å². The van der Waals surface area contributed by atoms with Crippen LogP contribution in [-0.2, 0) is 6.42 Å². The first kappa shape index (κ1) is 24.3. The Morgan fingerprint density at radius 3 is 2.00 bits per heavy atom. The minimum Gasteiger partial charge on any atom is -0.205 e. The van der Waals surface area contributed by atoms with E-state index < -0.39 is 0 Å². The van der Waals surface area contributed by atoms with Crippen LogP contribution < -0.4 is 0 Å². The fourth-order valence-electron chi connectivity index (χ4n) is 4.07. The van der Waals surface area contributed by atoms with E-state index in [0.29, 0.717) is 10.9 Å². The van der Waals surface area contributed by atoms with Crippen molar-refractivity contribution in [1.82, 2.24) is 0 Å². The monoisotopic (exact) mass is 458 g/mol. The molecule has 1 heteroatoms. The first-order valence-electron chi connectivity index (χ1n) is 12.5. The van der Waals surface area contributed by atoms with E-state index in [2.05, 4.69) is 49.7 Å². The summed E-state index contributed by atoms with van der Waals surface area (Å²) < 4.78 is 15.1. The highest BCUT2D eigenvalue weighted by molar-refractivity contribution is 5.86. The zero-order valence-electron chi connectivity index (χ0n) is 20.6. The van der Waals surface area contributed by atoms with Crippen molar-refractivity contribution in [3.8, 4) is 23.7 Å². The number of rotatable bonds is 6. The highest BCUT2D eigenvalue weighted by Crippen LogP contribution is 2.22. The van der Waals surface area contributed by atoms with E-state index in [1.54, 1.807) is 12.1 Å². The van der Waals surface area contributed by atoms with Crippen LogP contribution in [0.5, 0.6) is 0 Å².